The van der Waals surface area contributed by atoms with E-state index in [4.69, 9.17) is 9.47 Å². The highest BCUT2D eigenvalue weighted by Gasteiger charge is 2.01. The molecule has 0 saturated heterocycles. The molecule has 0 heterocycles. The van der Waals surface area contributed by atoms with Gasteiger partial charge in [-0.25, -0.2) is 0 Å². The molecule has 4 nitrogen and oxygen atoms in total. The zero-order chi connectivity index (χ0) is 13.6. The third-order valence-electron chi connectivity index (χ3n) is 2.27. The average molecular weight is 256 g/mol. The van der Waals surface area contributed by atoms with Crippen LogP contribution in [-0.4, -0.2) is 32.6 Å². The Balaban J connectivity index is 3.59. The van der Waals surface area contributed by atoms with Gasteiger partial charge in [0.15, 0.2) is 0 Å². The van der Waals surface area contributed by atoms with Crippen molar-refractivity contribution in [1.82, 2.24) is 0 Å². The molecule has 0 aliphatic rings. The maximum absolute atomic E-state index is 10.9. The average Bonchev–Trinajstić information content (AvgIpc) is 2.37. The van der Waals surface area contributed by atoms with E-state index < -0.39 is 6.29 Å². The Morgan fingerprint density at radius 2 is 1.78 bits per heavy atom. The summed E-state index contributed by atoms with van der Waals surface area (Å²) in [5.41, 5.74) is 0. The van der Waals surface area contributed by atoms with Crippen molar-refractivity contribution in [3.63, 3.8) is 0 Å². The van der Waals surface area contributed by atoms with E-state index in [1.165, 1.54) is 7.11 Å². The van der Waals surface area contributed by atoms with Gasteiger partial charge in [-0.3, -0.25) is 4.79 Å². The van der Waals surface area contributed by atoms with E-state index in [1.54, 1.807) is 0 Å². The van der Waals surface area contributed by atoms with Crippen LogP contribution >= 0.6 is 0 Å². The molecule has 0 aromatic heterocycles. The van der Waals surface area contributed by atoms with Crippen LogP contribution in [0.5, 0.6) is 0 Å². The predicted octanol–water partition coefficient (Wildman–Crippen LogP) is 2.51. The van der Waals surface area contributed by atoms with Crippen LogP contribution in [0.1, 0.15) is 46.0 Å². The van der Waals surface area contributed by atoms with Gasteiger partial charge in [0.2, 0.25) is 6.29 Å². The number of methoxy groups -OCH3 is 1. The quantitative estimate of drug-likeness (QED) is 0.275. The van der Waals surface area contributed by atoms with Gasteiger partial charge >= 0.3 is 5.97 Å². The highest BCUT2D eigenvalue weighted by atomic mass is 16.7. The minimum atomic E-state index is -0.407. The smallest absolute Gasteiger partial charge is 0.305 e. The first-order chi connectivity index (χ1) is 8.74. The predicted molar refractivity (Wildman–Crippen MR) is 69.9 cm³/mol. The maximum Gasteiger partial charge on any atom is 0.305 e. The molecule has 0 rings (SSSR count). The van der Waals surface area contributed by atoms with Crippen molar-refractivity contribution in [2.24, 2.45) is 0 Å². The minimum Gasteiger partial charge on any atom is -0.469 e. The van der Waals surface area contributed by atoms with E-state index in [0.717, 1.165) is 25.7 Å². The van der Waals surface area contributed by atoms with Crippen molar-refractivity contribution in [3.8, 4) is 11.8 Å². The Labute approximate surface area is 110 Å². The second-order valence-corrected chi connectivity index (χ2v) is 3.70. The normalized spacial score (nSPS) is 10.0. The molecular formula is C14H24O4. The summed E-state index contributed by atoms with van der Waals surface area (Å²) in [6, 6.07) is 0. The molecule has 18 heavy (non-hydrogen) atoms. The summed E-state index contributed by atoms with van der Waals surface area (Å²) in [6.45, 7) is 5.03. The highest BCUT2D eigenvalue weighted by Crippen LogP contribution is 2.03. The summed E-state index contributed by atoms with van der Waals surface area (Å²) in [7, 11) is 1.41. The van der Waals surface area contributed by atoms with E-state index in [1.807, 2.05) is 13.8 Å². The number of hydrogen-bond acceptors (Lipinski definition) is 4. The number of carbonyl (C=O) groups is 1. The molecule has 4 heteroatoms. The lowest BCUT2D eigenvalue weighted by molar-refractivity contribution is -0.140. The molecule has 0 spiro atoms. The molecular weight excluding hydrogens is 232 g/mol. The van der Waals surface area contributed by atoms with Crippen LogP contribution in [0.3, 0.4) is 0 Å². The number of unbranched alkanes of at least 4 members (excludes halogenated alkanes) is 3. The van der Waals surface area contributed by atoms with Crippen molar-refractivity contribution < 1.29 is 19.0 Å². The third-order valence-corrected chi connectivity index (χ3v) is 2.27. The van der Waals surface area contributed by atoms with Gasteiger partial charge in [-0.2, -0.15) is 0 Å². The molecule has 104 valence electrons. The van der Waals surface area contributed by atoms with Crippen molar-refractivity contribution >= 4 is 5.97 Å². The van der Waals surface area contributed by atoms with Gasteiger partial charge in [-0.05, 0) is 32.6 Å². The standard InChI is InChI=1S/C14H24O4/c1-4-17-14(18-5-2)12-10-8-6-7-9-11-13(15)16-3/h14H,4-9,11H2,1-3H3. The topological polar surface area (TPSA) is 44.8 Å². The van der Waals surface area contributed by atoms with E-state index in [-0.39, 0.29) is 5.97 Å². The van der Waals surface area contributed by atoms with Crippen LogP contribution < -0.4 is 0 Å². The van der Waals surface area contributed by atoms with E-state index in [9.17, 15) is 4.79 Å². The first kappa shape index (κ1) is 16.9. The monoisotopic (exact) mass is 256 g/mol. The first-order valence-corrected chi connectivity index (χ1v) is 6.53. The van der Waals surface area contributed by atoms with E-state index in [0.29, 0.717) is 19.6 Å². The van der Waals surface area contributed by atoms with Gasteiger partial charge in [-0.15, -0.1) is 0 Å². The second kappa shape index (κ2) is 12.4. The highest BCUT2D eigenvalue weighted by molar-refractivity contribution is 5.68. The van der Waals surface area contributed by atoms with Gasteiger partial charge in [0.25, 0.3) is 0 Å². The van der Waals surface area contributed by atoms with Crippen LogP contribution in [0.2, 0.25) is 0 Å². The van der Waals surface area contributed by atoms with Gasteiger partial charge < -0.3 is 14.2 Å². The van der Waals surface area contributed by atoms with Gasteiger partial charge in [0.1, 0.15) is 0 Å². The summed E-state index contributed by atoms with van der Waals surface area (Å²) < 4.78 is 15.2. The molecule has 0 unspecified atom stereocenters. The van der Waals surface area contributed by atoms with Gasteiger partial charge in [0.05, 0.1) is 7.11 Å². The number of carbonyl (C=O) groups excluding carboxylic acids is 1. The van der Waals surface area contributed by atoms with Crippen LogP contribution in [-0.2, 0) is 19.0 Å². The molecule has 0 aliphatic heterocycles. The van der Waals surface area contributed by atoms with Gasteiger partial charge in [0, 0.05) is 26.1 Å². The lowest BCUT2D eigenvalue weighted by atomic mass is 10.1. The number of ether oxygens (including phenoxy) is 3. The Bertz CT molecular complexity index is 259. The number of esters is 1. The molecule has 0 saturated carbocycles. The van der Waals surface area contributed by atoms with Crippen LogP contribution in [0.25, 0.3) is 0 Å². The molecule has 0 atom stereocenters. The lowest BCUT2D eigenvalue weighted by Gasteiger charge is -2.09. The summed E-state index contributed by atoms with van der Waals surface area (Å²) >= 11 is 0. The van der Waals surface area contributed by atoms with Gasteiger partial charge in [-0.1, -0.05) is 12.3 Å². The largest absolute Gasteiger partial charge is 0.469 e. The summed E-state index contributed by atoms with van der Waals surface area (Å²) in [5.74, 6) is 5.84. The Kier molecular flexibility index (Phi) is 11.7. The Hall–Kier alpha value is -1.05. The molecule has 0 bridgehead atoms. The van der Waals surface area contributed by atoms with E-state index in [2.05, 4.69) is 16.6 Å². The van der Waals surface area contributed by atoms with Crippen molar-refractivity contribution in [1.29, 1.82) is 0 Å². The Morgan fingerprint density at radius 3 is 2.33 bits per heavy atom. The van der Waals surface area contributed by atoms with Crippen LogP contribution in [0.15, 0.2) is 0 Å². The molecule has 0 aromatic carbocycles. The zero-order valence-corrected chi connectivity index (χ0v) is 11.7. The molecule has 0 aliphatic carbocycles. The summed E-state index contributed by atoms with van der Waals surface area (Å²) in [4.78, 5) is 10.9. The van der Waals surface area contributed by atoms with Crippen molar-refractivity contribution in [2.45, 2.75) is 52.2 Å². The number of rotatable bonds is 9. The fourth-order valence-electron chi connectivity index (χ4n) is 1.35. The fraction of sp³-hybridized carbons (Fsp3) is 0.786. The summed E-state index contributed by atoms with van der Waals surface area (Å²) in [5, 5.41) is 0. The van der Waals surface area contributed by atoms with E-state index >= 15 is 0 Å². The first-order valence-electron chi connectivity index (χ1n) is 6.53. The molecule has 0 aromatic rings. The van der Waals surface area contributed by atoms with Crippen molar-refractivity contribution in [3.05, 3.63) is 0 Å². The van der Waals surface area contributed by atoms with Crippen molar-refractivity contribution in [2.75, 3.05) is 20.3 Å². The van der Waals surface area contributed by atoms with Crippen LogP contribution in [0, 0.1) is 11.8 Å². The fourth-order valence-corrected chi connectivity index (χ4v) is 1.35. The van der Waals surface area contributed by atoms with Crippen LogP contribution in [0.4, 0.5) is 0 Å². The minimum absolute atomic E-state index is 0.145. The third kappa shape index (κ3) is 10.1. The lowest BCUT2D eigenvalue weighted by Crippen LogP contribution is -2.14. The molecule has 0 N–H and O–H groups in total. The SMILES string of the molecule is CCOC(C#CCCCCCC(=O)OC)OCC. The maximum atomic E-state index is 10.9. The summed E-state index contributed by atoms with van der Waals surface area (Å²) in [6.07, 6.45) is 3.71. The Morgan fingerprint density at radius 1 is 1.11 bits per heavy atom. The molecule has 0 fully saturated rings. The number of hydrogen-bond donors (Lipinski definition) is 0. The zero-order valence-electron chi connectivity index (χ0n) is 11.7. The second-order valence-electron chi connectivity index (χ2n) is 3.70. The molecule has 0 radical (unpaired) electrons. The molecule has 0 amide bonds.